The SMILES string of the molecule is C[C@@H]1CN([C@@H](C)CO)C(=O)c2cc(NS(C)(=O)=O)ccc2O[C@@H](C)CCCCO[C@H]1CN(C)CC1CC1. The van der Waals surface area contributed by atoms with E-state index in [9.17, 15) is 18.3 Å². The molecule has 1 aromatic carbocycles. The Balaban J connectivity index is 1.93. The molecule has 0 unspecified atom stereocenters. The molecule has 4 atom stereocenters. The first kappa shape index (κ1) is 29.7. The lowest BCUT2D eigenvalue weighted by Crippen LogP contribution is -2.47. The average Bonchev–Trinajstić information content (AvgIpc) is 3.63. The van der Waals surface area contributed by atoms with Gasteiger partial charge in [0.25, 0.3) is 5.91 Å². The number of anilines is 1. The van der Waals surface area contributed by atoms with Gasteiger partial charge in [-0.25, -0.2) is 8.42 Å². The Hall–Kier alpha value is -1.88. The number of carbonyl (C=O) groups excluding carboxylic acids is 1. The molecular formula is C27H45N3O6S. The van der Waals surface area contributed by atoms with Crippen molar-refractivity contribution >= 4 is 21.6 Å². The minimum absolute atomic E-state index is 0.0168. The quantitative estimate of drug-likeness (QED) is 0.522. The number of sulfonamides is 1. The number of aliphatic hydroxyl groups is 1. The predicted molar refractivity (Wildman–Crippen MR) is 146 cm³/mol. The van der Waals surface area contributed by atoms with Crippen molar-refractivity contribution in [3.8, 4) is 5.75 Å². The summed E-state index contributed by atoms with van der Waals surface area (Å²) in [5.74, 6) is 0.894. The molecule has 1 aromatic rings. The van der Waals surface area contributed by atoms with E-state index in [0.717, 1.165) is 44.5 Å². The molecule has 1 saturated carbocycles. The Morgan fingerprint density at radius 1 is 1.19 bits per heavy atom. The molecule has 0 spiro atoms. The van der Waals surface area contributed by atoms with E-state index in [1.165, 1.54) is 18.9 Å². The minimum Gasteiger partial charge on any atom is -0.490 e. The molecule has 1 heterocycles. The van der Waals surface area contributed by atoms with E-state index in [0.29, 0.717) is 24.6 Å². The molecule has 2 aliphatic rings. The highest BCUT2D eigenvalue weighted by Gasteiger charge is 2.31. The zero-order chi connectivity index (χ0) is 27.2. The number of hydrogen-bond donors (Lipinski definition) is 2. The smallest absolute Gasteiger partial charge is 0.258 e. The highest BCUT2D eigenvalue weighted by atomic mass is 32.2. The van der Waals surface area contributed by atoms with Crippen molar-refractivity contribution in [2.24, 2.45) is 11.8 Å². The highest BCUT2D eigenvalue weighted by Crippen LogP contribution is 2.30. The van der Waals surface area contributed by atoms with Gasteiger partial charge in [-0.1, -0.05) is 6.92 Å². The van der Waals surface area contributed by atoms with Crippen LogP contribution in [0.2, 0.25) is 0 Å². The molecule has 1 amide bonds. The van der Waals surface area contributed by atoms with E-state index in [-0.39, 0.29) is 36.2 Å². The van der Waals surface area contributed by atoms with E-state index in [1.807, 2.05) is 13.8 Å². The van der Waals surface area contributed by atoms with Crippen LogP contribution < -0.4 is 9.46 Å². The maximum Gasteiger partial charge on any atom is 0.258 e. The van der Waals surface area contributed by atoms with Crippen LogP contribution in [0, 0.1) is 11.8 Å². The van der Waals surface area contributed by atoms with Crippen molar-refractivity contribution in [1.82, 2.24) is 9.80 Å². The Bertz CT molecular complexity index is 1000. The molecular weight excluding hydrogens is 494 g/mol. The number of ether oxygens (including phenoxy) is 2. The Kier molecular flexibility index (Phi) is 10.6. The molecule has 9 nitrogen and oxygen atoms in total. The van der Waals surface area contributed by atoms with Crippen LogP contribution in [0.3, 0.4) is 0 Å². The van der Waals surface area contributed by atoms with E-state index in [4.69, 9.17) is 9.47 Å². The van der Waals surface area contributed by atoms with Crippen molar-refractivity contribution < 1.29 is 27.8 Å². The topological polar surface area (TPSA) is 108 Å². The molecule has 0 radical (unpaired) electrons. The van der Waals surface area contributed by atoms with Gasteiger partial charge in [0.2, 0.25) is 10.0 Å². The first-order valence-electron chi connectivity index (χ1n) is 13.5. The summed E-state index contributed by atoms with van der Waals surface area (Å²) in [6.07, 6.45) is 6.12. The van der Waals surface area contributed by atoms with Gasteiger partial charge in [0.15, 0.2) is 0 Å². The number of rotatable bonds is 8. The second kappa shape index (κ2) is 13.3. The first-order chi connectivity index (χ1) is 17.5. The summed E-state index contributed by atoms with van der Waals surface area (Å²) < 4.78 is 38.7. The molecule has 0 saturated heterocycles. The van der Waals surface area contributed by atoms with Crippen LogP contribution >= 0.6 is 0 Å². The number of nitrogens with one attached hydrogen (secondary N) is 1. The summed E-state index contributed by atoms with van der Waals surface area (Å²) in [5, 5.41) is 10.0. The number of fused-ring (bicyclic) bond motifs is 1. The van der Waals surface area contributed by atoms with Gasteiger partial charge < -0.3 is 24.4 Å². The summed E-state index contributed by atoms with van der Waals surface area (Å²) in [5.41, 5.74) is 0.563. The summed E-state index contributed by atoms with van der Waals surface area (Å²) in [4.78, 5) is 18.0. The van der Waals surface area contributed by atoms with Crippen molar-refractivity contribution in [2.45, 2.75) is 71.1 Å². The molecule has 3 rings (SSSR count). The fraction of sp³-hybridized carbons (Fsp3) is 0.741. The van der Waals surface area contributed by atoms with E-state index in [1.54, 1.807) is 17.0 Å². The van der Waals surface area contributed by atoms with E-state index < -0.39 is 16.1 Å². The van der Waals surface area contributed by atoms with Gasteiger partial charge in [0.1, 0.15) is 5.75 Å². The van der Waals surface area contributed by atoms with Gasteiger partial charge >= 0.3 is 0 Å². The summed E-state index contributed by atoms with van der Waals surface area (Å²) in [6.45, 7) is 8.56. The standard InChI is InChI=1S/C27H45N3O6S/c1-19-15-30(20(2)18-31)27(32)24-14-23(28-37(5,33)34)11-12-25(24)36-21(3)8-6-7-13-35-26(19)17-29(4)16-22-9-10-22/h11-12,14,19-22,26,28,31H,6-10,13,15-18H2,1-5H3/t19-,20+,21+,26+/m1/s1. The minimum atomic E-state index is -3.52. The summed E-state index contributed by atoms with van der Waals surface area (Å²) >= 11 is 0. The van der Waals surface area contributed by atoms with Crippen LogP contribution in [0.4, 0.5) is 5.69 Å². The number of carbonyl (C=O) groups is 1. The molecule has 0 bridgehead atoms. The van der Waals surface area contributed by atoms with Gasteiger partial charge in [-0.15, -0.1) is 0 Å². The molecule has 1 fully saturated rings. The lowest BCUT2D eigenvalue weighted by molar-refractivity contribution is -0.0172. The third-order valence-electron chi connectivity index (χ3n) is 7.11. The number of amides is 1. The summed E-state index contributed by atoms with van der Waals surface area (Å²) in [6, 6.07) is 4.33. The summed E-state index contributed by atoms with van der Waals surface area (Å²) in [7, 11) is -1.39. The number of aliphatic hydroxyl groups excluding tert-OH is 1. The number of benzene rings is 1. The number of hydrogen-bond acceptors (Lipinski definition) is 7. The third-order valence-corrected chi connectivity index (χ3v) is 7.72. The highest BCUT2D eigenvalue weighted by molar-refractivity contribution is 7.92. The van der Waals surface area contributed by atoms with Crippen molar-refractivity contribution in [3.63, 3.8) is 0 Å². The fourth-order valence-electron chi connectivity index (χ4n) is 4.79. The first-order valence-corrected chi connectivity index (χ1v) is 15.4. The monoisotopic (exact) mass is 539 g/mol. The Morgan fingerprint density at radius 2 is 1.92 bits per heavy atom. The van der Waals surface area contributed by atoms with Crippen LogP contribution in [0.15, 0.2) is 18.2 Å². The van der Waals surface area contributed by atoms with Crippen LogP contribution in [-0.2, 0) is 14.8 Å². The molecule has 1 aliphatic carbocycles. The average molecular weight is 540 g/mol. The second-order valence-electron chi connectivity index (χ2n) is 11.0. The predicted octanol–water partition coefficient (Wildman–Crippen LogP) is 3.20. The third kappa shape index (κ3) is 9.42. The zero-order valence-electron chi connectivity index (χ0n) is 23.0. The van der Waals surface area contributed by atoms with Crippen molar-refractivity contribution in [2.75, 3.05) is 50.9 Å². The van der Waals surface area contributed by atoms with Gasteiger partial charge in [-0.05, 0) is 77.1 Å². The largest absolute Gasteiger partial charge is 0.490 e. The molecule has 2 N–H and O–H groups in total. The number of nitrogens with zero attached hydrogens (tertiary/aromatic N) is 2. The van der Waals surface area contributed by atoms with Crippen molar-refractivity contribution in [1.29, 1.82) is 0 Å². The molecule has 210 valence electrons. The van der Waals surface area contributed by atoms with Gasteiger partial charge in [-0.2, -0.15) is 0 Å². The Morgan fingerprint density at radius 3 is 2.57 bits per heavy atom. The lowest BCUT2D eigenvalue weighted by Gasteiger charge is -2.36. The number of likely N-dealkylation sites (N-methyl/N-ethyl adjacent to an activating group) is 1. The van der Waals surface area contributed by atoms with Gasteiger partial charge in [-0.3, -0.25) is 9.52 Å². The maximum atomic E-state index is 14.0. The van der Waals surface area contributed by atoms with Crippen molar-refractivity contribution in [3.05, 3.63) is 23.8 Å². The maximum absolute atomic E-state index is 14.0. The zero-order valence-corrected chi connectivity index (χ0v) is 23.8. The van der Waals surface area contributed by atoms with Crippen LogP contribution in [0.25, 0.3) is 0 Å². The lowest BCUT2D eigenvalue weighted by atomic mass is 10.0. The molecule has 0 aromatic heterocycles. The molecule has 37 heavy (non-hydrogen) atoms. The normalized spacial score (nSPS) is 25.2. The molecule has 10 heteroatoms. The van der Waals surface area contributed by atoms with E-state index >= 15 is 0 Å². The van der Waals surface area contributed by atoms with E-state index in [2.05, 4.69) is 23.6 Å². The van der Waals surface area contributed by atoms with Gasteiger partial charge in [0, 0.05) is 37.8 Å². The van der Waals surface area contributed by atoms with Crippen LogP contribution in [-0.4, -0.2) is 93.6 Å². The fourth-order valence-corrected chi connectivity index (χ4v) is 5.34. The molecule has 1 aliphatic heterocycles. The van der Waals surface area contributed by atoms with Crippen LogP contribution in [0.1, 0.15) is 63.2 Å². The second-order valence-corrected chi connectivity index (χ2v) is 12.8. The van der Waals surface area contributed by atoms with Gasteiger partial charge in [0.05, 0.1) is 36.7 Å². The van der Waals surface area contributed by atoms with Crippen LogP contribution in [0.5, 0.6) is 5.75 Å². The Labute approximate surface area is 222 Å².